The highest BCUT2D eigenvalue weighted by Crippen LogP contribution is 2.20. The zero-order valence-corrected chi connectivity index (χ0v) is 14.2. The van der Waals surface area contributed by atoms with Crippen LogP contribution in [0, 0.1) is 11.6 Å². The number of hydrogen-bond donors (Lipinski definition) is 3. The molecular formula is C19H17F2N3O3. The number of rotatable bonds is 6. The van der Waals surface area contributed by atoms with E-state index in [0.29, 0.717) is 17.3 Å². The van der Waals surface area contributed by atoms with Crippen molar-refractivity contribution < 1.29 is 23.2 Å². The quantitative estimate of drug-likeness (QED) is 0.726. The highest BCUT2D eigenvalue weighted by Gasteiger charge is 2.23. The molecule has 6 nitrogen and oxygen atoms in total. The molecular weight excluding hydrogens is 356 g/mol. The van der Waals surface area contributed by atoms with Crippen molar-refractivity contribution in [1.82, 2.24) is 10.6 Å². The van der Waals surface area contributed by atoms with Gasteiger partial charge in [-0.3, -0.25) is 14.4 Å². The molecule has 3 rings (SSSR count). The summed E-state index contributed by atoms with van der Waals surface area (Å²) in [6.45, 7) is -0.409. The molecule has 140 valence electrons. The summed E-state index contributed by atoms with van der Waals surface area (Å²) in [5.74, 6) is -3.41. The Morgan fingerprint density at radius 3 is 2.48 bits per heavy atom. The Morgan fingerprint density at radius 2 is 1.78 bits per heavy atom. The van der Waals surface area contributed by atoms with Gasteiger partial charge in [0.1, 0.15) is 11.6 Å². The molecule has 0 unspecified atom stereocenters. The maximum atomic E-state index is 13.5. The molecule has 0 saturated heterocycles. The van der Waals surface area contributed by atoms with Gasteiger partial charge in [-0.15, -0.1) is 0 Å². The minimum absolute atomic E-state index is 0.214. The lowest BCUT2D eigenvalue weighted by Crippen LogP contribution is -2.33. The number of benzene rings is 2. The highest BCUT2D eigenvalue weighted by atomic mass is 19.1. The second-order valence-electron chi connectivity index (χ2n) is 6.18. The summed E-state index contributed by atoms with van der Waals surface area (Å²) < 4.78 is 26.4. The molecule has 1 saturated carbocycles. The van der Waals surface area contributed by atoms with E-state index >= 15 is 0 Å². The average molecular weight is 373 g/mol. The normalized spacial score (nSPS) is 13.0. The van der Waals surface area contributed by atoms with E-state index in [1.807, 2.05) is 0 Å². The number of carbonyl (C=O) groups excluding carboxylic acids is 3. The van der Waals surface area contributed by atoms with E-state index in [2.05, 4.69) is 16.0 Å². The molecule has 0 aromatic heterocycles. The summed E-state index contributed by atoms with van der Waals surface area (Å²) in [4.78, 5) is 35.9. The van der Waals surface area contributed by atoms with E-state index in [0.717, 1.165) is 25.0 Å². The van der Waals surface area contributed by atoms with Crippen LogP contribution in [0.1, 0.15) is 33.6 Å². The van der Waals surface area contributed by atoms with Crippen LogP contribution >= 0.6 is 0 Å². The van der Waals surface area contributed by atoms with Crippen LogP contribution in [0.4, 0.5) is 14.5 Å². The molecule has 0 bridgehead atoms. The van der Waals surface area contributed by atoms with Gasteiger partial charge in [0.2, 0.25) is 5.91 Å². The van der Waals surface area contributed by atoms with Gasteiger partial charge in [-0.25, -0.2) is 8.78 Å². The minimum Gasteiger partial charge on any atom is -0.349 e. The van der Waals surface area contributed by atoms with Crippen LogP contribution in [0.2, 0.25) is 0 Å². The monoisotopic (exact) mass is 373 g/mol. The van der Waals surface area contributed by atoms with Crippen LogP contribution in [-0.2, 0) is 4.79 Å². The lowest BCUT2D eigenvalue weighted by atomic mass is 10.2. The van der Waals surface area contributed by atoms with E-state index in [9.17, 15) is 23.2 Å². The summed E-state index contributed by atoms with van der Waals surface area (Å²) in [6, 6.07) is 9.15. The number of anilines is 1. The molecule has 0 radical (unpaired) electrons. The zero-order chi connectivity index (χ0) is 19.4. The third kappa shape index (κ3) is 5.10. The van der Waals surface area contributed by atoms with Crippen molar-refractivity contribution in [2.24, 2.45) is 0 Å². The minimum atomic E-state index is -1.01. The number of nitrogens with one attached hydrogen (secondary N) is 3. The number of carbonyl (C=O) groups is 3. The van der Waals surface area contributed by atoms with E-state index in [1.54, 1.807) is 18.2 Å². The van der Waals surface area contributed by atoms with Gasteiger partial charge in [0.15, 0.2) is 0 Å². The first-order valence-corrected chi connectivity index (χ1v) is 8.36. The third-order valence-electron chi connectivity index (χ3n) is 3.91. The fraction of sp³-hybridized carbons (Fsp3) is 0.211. The Bertz CT molecular complexity index is 898. The first-order valence-electron chi connectivity index (χ1n) is 8.36. The first kappa shape index (κ1) is 18.5. The van der Waals surface area contributed by atoms with E-state index < -0.39 is 30.0 Å². The lowest BCUT2D eigenvalue weighted by molar-refractivity contribution is -0.115. The zero-order valence-electron chi connectivity index (χ0n) is 14.2. The summed E-state index contributed by atoms with van der Waals surface area (Å²) in [6.07, 6.45) is 1.94. The number of hydrogen-bond acceptors (Lipinski definition) is 3. The molecule has 3 amide bonds. The molecule has 1 aliphatic rings. The molecule has 2 aromatic carbocycles. The molecule has 3 N–H and O–H groups in total. The average Bonchev–Trinajstić information content (AvgIpc) is 3.44. The van der Waals surface area contributed by atoms with Gasteiger partial charge in [-0.05, 0) is 43.2 Å². The number of amides is 3. The predicted octanol–water partition coefficient (Wildman–Crippen LogP) is 2.23. The second-order valence-corrected chi connectivity index (χ2v) is 6.18. The summed E-state index contributed by atoms with van der Waals surface area (Å²) >= 11 is 0. The van der Waals surface area contributed by atoms with Crippen LogP contribution in [0.15, 0.2) is 42.5 Å². The fourth-order valence-corrected chi connectivity index (χ4v) is 2.37. The first-order chi connectivity index (χ1) is 12.9. The van der Waals surface area contributed by atoms with Crippen LogP contribution in [0.3, 0.4) is 0 Å². The van der Waals surface area contributed by atoms with Crippen molar-refractivity contribution in [3.05, 3.63) is 65.2 Å². The van der Waals surface area contributed by atoms with Crippen molar-refractivity contribution >= 4 is 23.4 Å². The maximum absolute atomic E-state index is 13.5. The van der Waals surface area contributed by atoms with Crippen LogP contribution in [0.25, 0.3) is 0 Å². The summed E-state index contributed by atoms with van der Waals surface area (Å²) in [5, 5.41) is 7.65. The van der Waals surface area contributed by atoms with Crippen molar-refractivity contribution in [3.63, 3.8) is 0 Å². The Balaban J connectivity index is 1.54. The molecule has 1 fully saturated rings. The van der Waals surface area contributed by atoms with Crippen molar-refractivity contribution in [3.8, 4) is 0 Å². The Kier molecular flexibility index (Phi) is 5.44. The predicted molar refractivity (Wildman–Crippen MR) is 94.3 cm³/mol. The van der Waals surface area contributed by atoms with Crippen molar-refractivity contribution in [2.75, 3.05) is 11.9 Å². The van der Waals surface area contributed by atoms with E-state index in [1.165, 1.54) is 6.07 Å². The van der Waals surface area contributed by atoms with Crippen LogP contribution < -0.4 is 16.0 Å². The van der Waals surface area contributed by atoms with Gasteiger partial charge in [0, 0.05) is 23.4 Å². The second kappa shape index (κ2) is 7.94. The molecule has 0 spiro atoms. The molecule has 0 aliphatic heterocycles. The maximum Gasteiger partial charge on any atom is 0.254 e. The highest BCUT2D eigenvalue weighted by molar-refractivity contribution is 6.00. The van der Waals surface area contributed by atoms with Crippen LogP contribution in [0.5, 0.6) is 0 Å². The van der Waals surface area contributed by atoms with Gasteiger partial charge >= 0.3 is 0 Å². The summed E-state index contributed by atoms with van der Waals surface area (Å²) in [5.41, 5.74) is 0.450. The smallest absolute Gasteiger partial charge is 0.254 e. The Morgan fingerprint density at radius 1 is 1.00 bits per heavy atom. The lowest BCUT2D eigenvalue weighted by Gasteiger charge is -2.09. The van der Waals surface area contributed by atoms with Crippen molar-refractivity contribution in [1.29, 1.82) is 0 Å². The largest absolute Gasteiger partial charge is 0.349 e. The Hall–Kier alpha value is -3.29. The topological polar surface area (TPSA) is 87.3 Å². The van der Waals surface area contributed by atoms with Gasteiger partial charge < -0.3 is 16.0 Å². The van der Waals surface area contributed by atoms with E-state index in [-0.39, 0.29) is 17.5 Å². The molecule has 0 heterocycles. The van der Waals surface area contributed by atoms with Gasteiger partial charge in [0.05, 0.1) is 12.1 Å². The van der Waals surface area contributed by atoms with Gasteiger partial charge in [0.25, 0.3) is 11.8 Å². The molecule has 27 heavy (non-hydrogen) atoms. The third-order valence-corrected chi connectivity index (χ3v) is 3.91. The van der Waals surface area contributed by atoms with Crippen LogP contribution in [-0.4, -0.2) is 30.3 Å². The molecule has 1 aliphatic carbocycles. The SMILES string of the molecule is O=C(CNC(=O)c1ccc(F)cc1F)Nc1cccc(C(=O)NC2CC2)c1. The standard InChI is InChI=1S/C19H17F2N3O3/c20-12-4-7-15(16(21)9-12)19(27)22-10-17(25)23-14-3-1-2-11(8-14)18(26)24-13-5-6-13/h1-4,7-9,13H,5-6,10H2,(H,22,27)(H,23,25)(H,24,26). The van der Waals surface area contributed by atoms with Gasteiger partial charge in [-0.1, -0.05) is 6.07 Å². The fourth-order valence-electron chi connectivity index (χ4n) is 2.37. The number of halogens is 2. The molecule has 0 atom stereocenters. The van der Waals surface area contributed by atoms with Gasteiger partial charge in [-0.2, -0.15) is 0 Å². The van der Waals surface area contributed by atoms with Crippen molar-refractivity contribution in [2.45, 2.75) is 18.9 Å². The Labute approximate surface area is 154 Å². The molecule has 2 aromatic rings. The summed E-state index contributed by atoms with van der Waals surface area (Å²) in [7, 11) is 0. The van der Waals surface area contributed by atoms with E-state index in [4.69, 9.17) is 0 Å². The molecule has 8 heteroatoms.